The van der Waals surface area contributed by atoms with Crippen LogP contribution in [0.3, 0.4) is 0 Å². The van der Waals surface area contributed by atoms with Crippen molar-refractivity contribution in [2.45, 2.75) is 0 Å². The summed E-state index contributed by atoms with van der Waals surface area (Å²) < 4.78 is 13.0. The Bertz CT molecular complexity index is 4840. The van der Waals surface area contributed by atoms with E-state index in [1.807, 2.05) is 48.5 Å². The van der Waals surface area contributed by atoms with Crippen LogP contribution >= 0.6 is 0 Å². The molecule has 87 heavy (non-hydrogen) atoms. The molecule has 0 aliphatic carbocycles. The van der Waals surface area contributed by atoms with Gasteiger partial charge in [-0.15, -0.1) is 0 Å². The van der Waals surface area contributed by atoms with Crippen molar-refractivity contribution in [3.05, 3.63) is 315 Å². The van der Waals surface area contributed by atoms with Crippen LogP contribution in [0.2, 0.25) is 0 Å². The number of nitrogens with zero attached hydrogens (tertiary/aromatic N) is 4. The van der Waals surface area contributed by atoms with Crippen molar-refractivity contribution in [3.8, 4) is 101 Å². The molecule has 0 radical (unpaired) electrons. The Morgan fingerprint density at radius 2 is 0.483 bits per heavy atom. The second-order valence-corrected chi connectivity index (χ2v) is 21.9. The molecule has 0 amide bonds. The van der Waals surface area contributed by atoms with E-state index in [1.54, 1.807) is 0 Å². The van der Waals surface area contributed by atoms with Crippen LogP contribution < -0.4 is 4.90 Å². The van der Waals surface area contributed by atoms with E-state index < -0.39 is 0 Å². The Balaban J connectivity index is 0.967. The molecule has 0 saturated heterocycles. The molecule has 0 unspecified atom stereocenters. The minimum absolute atomic E-state index is 0.506. The molecule has 16 aromatic rings. The van der Waals surface area contributed by atoms with Crippen molar-refractivity contribution in [3.63, 3.8) is 0 Å². The Morgan fingerprint density at radius 3 is 0.851 bits per heavy atom. The van der Waals surface area contributed by atoms with Crippen LogP contribution in [0.25, 0.3) is 145 Å². The Hall–Kier alpha value is -11.7. The molecule has 3 heterocycles. The lowest BCUT2D eigenvalue weighted by atomic mass is 9.90. The van der Waals surface area contributed by atoms with Gasteiger partial charge in [0.05, 0.1) is 5.69 Å². The summed E-state index contributed by atoms with van der Waals surface area (Å²) in [6, 6.07) is 111. The molecule has 0 spiro atoms. The Labute approximate surface area is 503 Å². The smallest absolute Gasteiger partial charge is 0.164 e. The van der Waals surface area contributed by atoms with E-state index in [0.717, 1.165) is 144 Å². The zero-order chi connectivity index (χ0) is 57.6. The highest BCUT2D eigenvalue weighted by atomic mass is 16.3. The van der Waals surface area contributed by atoms with Crippen LogP contribution in [0.15, 0.2) is 324 Å². The summed E-state index contributed by atoms with van der Waals surface area (Å²) in [4.78, 5) is 18.8. The highest BCUT2D eigenvalue weighted by Crippen LogP contribution is 2.50. The van der Waals surface area contributed by atoms with Gasteiger partial charge in [-0.1, -0.05) is 243 Å². The molecule has 6 nitrogen and oxygen atoms in total. The van der Waals surface area contributed by atoms with Gasteiger partial charge in [-0.2, -0.15) is 0 Å². The van der Waals surface area contributed by atoms with Gasteiger partial charge in [-0.3, -0.25) is 0 Å². The van der Waals surface area contributed by atoms with Gasteiger partial charge in [0, 0.05) is 60.7 Å². The first-order valence-electron chi connectivity index (χ1n) is 29.3. The number of para-hydroxylation sites is 2. The molecule has 0 N–H and O–H groups in total. The third-order valence-electron chi connectivity index (χ3n) is 16.6. The summed E-state index contributed by atoms with van der Waals surface area (Å²) in [6.45, 7) is 0. The number of hydrogen-bond acceptors (Lipinski definition) is 6. The molecule has 0 bridgehead atoms. The van der Waals surface area contributed by atoms with Gasteiger partial charge in [0.1, 0.15) is 22.3 Å². The van der Waals surface area contributed by atoms with E-state index in [4.69, 9.17) is 23.8 Å². The SMILES string of the molecule is c1ccc(-c2ccc(-c3cc(-c4nc(-c5ccc6c(c5)oc5ccccc56)nc(-c5ccc6c(c5)oc5ccccc56)n4)cc(-c4ccc(-c5ccccc5)cc4)c3N(c3ccc(-c4ccccc4)cc3)c3ccc(-c4ccccc4)cc3)cc2)cc1. The van der Waals surface area contributed by atoms with Crippen LogP contribution in [-0.4, -0.2) is 15.0 Å². The molecule has 0 aliphatic rings. The van der Waals surface area contributed by atoms with Gasteiger partial charge in [-0.05, 0) is 128 Å². The average Bonchev–Trinajstić information content (AvgIpc) is 4.24. The van der Waals surface area contributed by atoms with Crippen molar-refractivity contribution >= 4 is 60.9 Å². The van der Waals surface area contributed by atoms with Crippen molar-refractivity contribution < 1.29 is 8.83 Å². The molecule has 0 aliphatic heterocycles. The van der Waals surface area contributed by atoms with Gasteiger partial charge in [0.2, 0.25) is 0 Å². The summed E-state index contributed by atoms with van der Waals surface area (Å²) in [5.74, 6) is 1.52. The fourth-order valence-corrected chi connectivity index (χ4v) is 12.2. The number of benzene rings is 13. The van der Waals surface area contributed by atoms with Gasteiger partial charge >= 0.3 is 0 Å². The van der Waals surface area contributed by atoms with E-state index in [-0.39, 0.29) is 0 Å². The predicted octanol–water partition coefficient (Wildman–Crippen LogP) is 22.1. The molecule has 16 rings (SSSR count). The van der Waals surface area contributed by atoms with Crippen LogP contribution in [-0.2, 0) is 0 Å². The summed E-state index contributed by atoms with van der Waals surface area (Å²) in [7, 11) is 0. The predicted molar refractivity (Wildman–Crippen MR) is 358 cm³/mol. The van der Waals surface area contributed by atoms with Gasteiger partial charge in [0.15, 0.2) is 17.5 Å². The maximum absolute atomic E-state index is 6.50. The molecular formula is C81H52N4O2. The van der Waals surface area contributed by atoms with E-state index >= 15 is 0 Å². The number of fused-ring (bicyclic) bond motifs is 6. The van der Waals surface area contributed by atoms with Gasteiger partial charge in [-0.25, -0.2) is 15.0 Å². The third kappa shape index (κ3) is 9.67. The minimum Gasteiger partial charge on any atom is -0.456 e. The highest BCUT2D eigenvalue weighted by molar-refractivity contribution is 6.07. The molecule has 0 fully saturated rings. The molecular weight excluding hydrogens is 1060 g/mol. The van der Waals surface area contributed by atoms with Crippen LogP contribution in [0, 0.1) is 0 Å². The summed E-state index contributed by atoms with van der Waals surface area (Å²) in [6.07, 6.45) is 0. The summed E-state index contributed by atoms with van der Waals surface area (Å²) >= 11 is 0. The molecule has 13 aromatic carbocycles. The quantitative estimate of drug-likeness (QED) is 0.121. The third-order valence-corrected chi connectivity index (χ3v) is 16.6. The minimum atomic E-state index is 0.506. The maximum atomic E-state index is 6.50. The van der Waals surface area contributed by atoms with Crippen molar-refractivity contribution in [1.29, 1.82) is 0 Å². The number of aromatic nitrogens is 3. The second kappa shape index (κ2) is 21.8. The second-order valence-electron chi connectivity index (χ2n) is 21.9. The normalized spacial score (nSPS) is 11.4. The van der Waals surface area contributed by atoms with E-state index in [9.17, 15) is 0 Å². The summed E-state index contributed by atoms with van der Waals surface area (Å²) in [5.41, 5.74) is 21.6. The van der Waals surface area contributed by atoms with Crippen molar-refractivity contribution in [2.75, 3.05) is 4.90 Å². The van der Waals surface area contributed by atoms with Crippen molar-refractivity contribution in [2.24, 2.45) is 0 Å². The topological polar surface area (TPSA) is 68.2 Å². The lowest BCUT2D eigenvalue weighted by Gasteiger charge is -2.31. The highest BCUT2D eigenvalue weighted by Gasteiger charge is 2.26. The number of rotatable bonds is 12. The van der Waals surface area contributed by atoms with E-state index in [2.05, 4.69) is 272 Å². The monoisotopic (exact) mass is 1110 g/mol. The Kier molecular flexibility index (Phi) is 12.8. The standard InChI is InChI=1S/C81H52N4O2/c1-5-17-53(18-6-1)57-29-33-61(34-30-57)72-49-65(81-83-79(63-41-47-70-68-25-13-15-27-74(68)86-76(70)51-63)82-80(84-81)64-42-48-71-69-26-14-16-28-75(69)87-77(71)52-64)50-73(62-35-31-58(32-36-62)54-19-7-2-8-20-54)78(72)85(66-43-37-59(38-44-66)55-21-9-3-10-22-55)67-45-39-60(40-46-67)56-23-11-4-12-24-56/h1-52H. The zero-order valence-corrected chi connectivity index (χ0v) is 47.1. The van der Waals surface area contributed by atoms with Crippen LogP contribution in [0.1, 0.15) is 0 Å². The molecule has 6 heteroatoms. The van der Waals surface area contributed by atoms with Crippen molar-refractivity contribution in [1.82, 2.24) is 15.0 Å². The number of hydrogen-bond donors (Lipinski definition) is 0. The fourth-order valence-electron chi connectivity index (χ4n) is 12.2. The Morgan fingerprint density at radius 1 is 0.207 bits per heavy atom. The lowest BCUT2D eigenvalue weighted by molar-refractivity contribution is 0.668. The number of furan rings is 2. The molecule has 0 atom stereocenters. The van der Waals surface area contributed by atoms with Gasteiger partial charge in [0.25, 0.3) is 0 Å². The fraction of sp³-hybridized carbons (Fsp3) is 0. The summed E-state index contributed by atoms with van der Waals surface area (Å²) in [5, 5.41) is 4.15. The lowest BCUT2D eigenvalue weighted by Crippen LogP contribution is -2.13. The van der Waals surface area contributed by atoms with E-state index in [0.29, 0.717) is 17.5 Å². The van der Waals surface area contributed by atoms with E-state index in [1.165, 1.54) is 0 Å². The average molecular weight is 1110 g/mol. The first kappa shape index (κ1) is 51.0. The first-order chi connectivity index (χ1) is 43.1. The van der Waals surface area contributed by atoms with Crippen LogP contribution in [0.4, 0.5) is 17.1 Å². The zero-order valence-electron chi connectivity index (χ0n) is 47.1. The maximum Gasteiger partial charge on any atom is 0.164 e. The molecule has 3 aromatic heterocycles. The number of anilines is 3. The first-order valence-corrected chi connectivity index (χ1v) is 29.3. The van der Waals surface area contributed by atoms with Crippen LogP contribution in [0.5, 0.6) is 0 Å². The molecule has 0 saturated carbocycles. The largest absolute Gasteiger partial charge is 0.456 e. The van der Waals surface area contributed by atoms with Gasteiger partial charge < -0.3 is 13.7 Å². The molecule has 408 valence electrons.